The predicted molar refractivity (Wildman–Crippen MR) is 165 cm³/mol. The van der Waals surface area contributed by atoms with Crippen LogP contribution in [0.15, 0.2) is 121 Å². The van der Waals surface area contributed by atoms with Gasteiger partial charge in [0, 0.05) is 34.0 Å². The first-order valence-electron chi connectivity index (χ1n) is 13.5. The smallest absolute Gasteiger partial charge is 0.237 e. The van der Waals surface area contributed by atoms with Gasteiger partial charge in [-0.25, -0.2) is 4.98 Å². The highest BCUT2D eigenvalue weighted by atomic mass is 15.2. The molecule has 9 rings (SSSR count). The van der Waals surface area contributed by atoms with E-state index in [2.05, 4.69) is 142 Å². The Balaban J connectivity index is 1.52. The lowest BCUT2D eigenvalue weighted by molar-refractivity contribution is 0.942. The van der Waals surface area contributed by atoms with Crippen LogP contribution < -0.4 is 0 Å². The fourth-order valence-electron chi connectivity index (χ4n) is 6.56. The average Bonchev–Trinajstić information content (AvgIpc) is 3.63. The van der Waals surface area contributed by atoms with Gasteiger partial charge in [-0.05, 0) is 30.3 Å². The lowest BCUT2D eigenvalue weighted by Gasteiger charge is -2.13. The highest BCUT2D eigenvalue weighted by Gasteiger charge is 2.23. The number of hydrogen-bond donors (Lipinski definition) is 0. The molecule has 5 heteroatoms. The van der Waals surface area contributed by atoms with E-state index in [0.29, 0.717) is 5.95 Å². The number of nitrogens with zero attached hydrogens (tertiary/aromatic N) is 5. The molecule has 0 spiro atoms. The second kappa shape index (κ2) is 7.80. The van der Waals surface area contributed by atoms with E-state index in [1.807, 2.05) is 0 Å². The van der Waals surface area contributed by atoms with Crippen LogP contribution in [0.25, 0.3) is 77.3 Å². The molecule has 0 atom stereocenters. The van der Waals surface area contributed by atoms with Gasteiger partial charge in [-0.2, -0.15) is 4.98 Å². The summed E-state index contributed by atoms with van der Waals surface area (Å²) in [5.41, 5.74) is 7.53. The molecular weight excluding hydrogens is 490 g/mol. The minimum absolute atomic E-state index is 0.665. The van der Waals surface area contributed by atoms with E-state index in [9.17, 15) is 0 Å². The molecule has 0 aliphatic heterocycles. The molecule has 4 heterocycles. The minimum Gasteiger partial charge on any atom is -0.339 e. The molecule has 0 aliphatic rings. The van der Waals surface area contributed by atoms with Crippen molar-refractivity contribution >= 4 is 65.5 Å². The van der Waals surface area contributed by atoms with Crippen molar-refractivity contribution in [1.82, 2.24) is 23.7 Å². The van der Waals surface area contributed by atoms with Crippen LogP contribution >= 0.6 is 0 Å². The van der Waals surface area contributed by atoms with Crippen LogP contribution in [0.4, 0.5) is 0 Å². The quantitative estimate of drug-likeness (QED) is 0.233. The number of rotatable bonds is 2. The van der Waals surface area contributed by atoms with Gasteiger partial charge in [0.15, 0.2) is 5.82 Å². The Labute approximate surface area is 229 Å². The molecule has 5 aromatic carbocycles. The zero-order valence-corrected chi connectivity index (χ0v) is 21.8. The Hall–Kier alpha value is -5.42. The molecule has 0 fully saturated rings. The van der Waals surface area contributed by atoms with Crippen LogP contribution in [-0.4, -0.2) is 23.7 Å². The molecule has 40 heavy (non-hydrogen) atoms. The first-order valence-corrected chi connectivity index (χ1v) is 13.5. The maximum Gasteiger partial charge on any atom is 0.237 e. The zero-order chi connectivity index (χ0) is 26.4. The summed E-state index contributed by atoms with van der Waals surface area (Å²) >= 11 is 0. The average molecular weight is 514 g/mol. The Morgan fingerprint density at radius 3 is 1.32 bits per heavy atom. The third-order valence-electron chi connectivity index (χ3n) is 8.28. The van der Waals surface area contributed by atoms with Gasteiger partial charge in [-0.15, -0.1) is 0 Å². The standard InChI is InChI=1S/C35H23N5/c1-38-27-17-7-6-16-26(27)32-33(38)34(39-28-18-8-2-12-22(28)23-13-3-9-19-29(23)39)37-35(36-32)40-30-20-10-4-14-24(30)25-15-5-11-21-31(25)40/h2-21H,1H3. The molecule has 0 radical (unpaired) electrons. The SMILES string of the molecule is Cn1c2ccccc2c2nc(-n3c4ccccc4c4ccccc43)nc(-n3c4ccccc4c4ccccc43)c21. The zero-order valence-electron chi connectivity index (χ0n) is 21.8. The number of aryl methyl sites for hydroxylation is 1. The van der Waals surface area contributed by atoms with E-state index in [-0.39, 0.29) is 0 Å². The third kappa shape index (κ3) is 2.71. The molecule has 5 nitrogen and oxygen atoms in total. The summed E-state index contributed by atoms with van der Waals surface area (Å²) < 4.78 is 6.76. The highest BCUT2D eigenvalue weighted by Crippen LogP contribution is 2.38. The normalized spacial score (nSPS) is 12.1. The first-order chi connectivity index (χ1) is 19.8. The van der Waals surface area contributed by atoms with Gasteiger partial charge >= 0.3 is 0 Å². The van der Waals surface area contributed by atoms with Gasteiger partial charge in [-0.1, -0.05) is 91.0 Å². The van der Waals surface area contributed by atoms with Crippen molar-refractivity contribution in [2.24, 2.45) is 7.05 Å². The lowest BCUT2D eigenvalue weighted by Crippen LogP contribution is -2.08. The van der Waals surface area contributed by atoms with E-state index in [1.54, 1.807) is 0 Å². The summed E-state index contributed by atoms with van der Waals surface area (Å²) in [4.78, 5) is 10.8. The summed E-state index contributed by atoms with van der Waals surface area (Å²) in [5, 5.41) is 5.92. The number of para-hydroxylation sites is 5. The van der Waals surface area contributed by atoms with Gasteiger partial charge in [-0.3, -0.25) is 9.13 Å². The Morgan fingerprint density at radius 2 is 0.825 bits per heavy atom. The Bertz CT molecular complexity index is 2350. The first kappa shape index (κ1) is 21.5. The molecule has 9 aromatic rings. The van der Waals surface area contributed by atoms with Crippen molar-refractivity contribution in [3.05, 3.63) is 121 Å². The second-order valence-corrected chi connectivity index (χ2v) is 10.4. The van der Waals surface area contributed by atoms with Gasteiger partial charge in [0.2, 0.25) is 5.95 Å². The van der Waals surface area contributed by atoms with Crippen LogP contribution in [-0.2, 0) is 7.05 Å². The predicted octanol–water partition coefficient (Wildman–Crippen LogP) is 8.32. The number of fused-ring (bicyclic) bond motifs is 9. The molecule has 4 aromatic heterocycles. The van der Waals surface area contributed by atoms with E-state index < -0.39 is 0 Å². The summed E-state index contributed by atoms with van der Waals surface area (Å²) in [6.45, 7) is 0. The van der Waals surface area contributed by atoms with Crippen molar-refractivity contribution in [2.45, 2.75) is 0 Å². The molecule has 0 saturated carbocycles. The number of aromatic nitrogens is 5. The van der Waals surface area contributed by atoms with E-state index >= 15 is 0 Å². The van der Waals surface area contributed by atoms with Crippen LogP contribution in [0.3, 0.4) is 0 Å². The monoisotopic (exact) mass is 513 g/mol. The molecule has 0 unspecified atom stereocenters. The van der Waals surface area contributed by atoms with Crippen LogP contribution in [0.1, 0.15) is 0 Å². The van der Waals surface area contributed by atoms with Crippen molar-refractivity contribution < 1.29 is 0 Å². The largest absolute Gasteiger partial charge is 0.339 e. The van der Waals surface area contributed by atoms with Crippen molar-refractivity contribution in [2.75, 3.05) is 0 Å². The minimum atomic E-state index is 0.665. The fraction of sp³-hybridized carbons (Fsp3) is 0.0286. The molecule has 0 amide bonds. The summed E-state index contributed by atoms with van der Waals surface area (Å²) in [6, 6.07) is 42.7. The summed E-state index contributed by atoms with van der Waals surface area (Å²) in [7, 11) is 2.12. The van der Waals surface area contributed by atoms with E-state index in [0.717, 1.165) is 49.8 Å². The molecule has 0 aliphatic carbocycles. The Kier molecular flexibility index (Phi) is 4.20. The van der Waals surface area contributed by atoms with Crippen LogP contribution in [0, 0.1) is 0 Å². The molecule has 0 N–H and O–H groups in total. The lowest BCUT2D eigenvalue weighted by atomic mass is 10.2. The van der Waals surface area contributed by atoms with Gasteiger partial charge in [0.1, 0.15) is 11.0 Å². The second-order valence-electron chi connectivity index (χ2n) is 10.4. The summed E-state index contributed by atoms with van der Waals surface area (Å²) in [6.07, 6.45) is 0. The molecule has 0 saturated heterocycles. The van der Waals surface area contributed by atoms with Gasteiger partial charge in [0.25, 0.3) is 0 Å². The number of benzene rings is 5. The van der Waals surface area contributed by atoms with E-state index in [1.165, 1.54) is 21.5 Å². The van der Waals surface area contributed by atoms with Crippen molar-refractivity contribution in [3.8, 4) is 11.8 Å². The maximum atomic E-state index is 5.44. The highest BCUT2D eigenvalue weighted by molar-refractivity contribution is 6.13. The summed E-state index contributed by atoms with van der Waals surface area (Å²) in [5.74, 6) is 1.54. The van der Waals surface area contributed by atoms with Crippen LogP contribution in [0.2, 0.25) is 0 Å². The van der Waals surface area contributed by atoms with Crippen LogP contribution in [0.5, 0.6) is 0 Å². The third-order valence-corrected chi connectivity index (χ3v) is 8.28. The Morgan fingerprint density at radius 1 is 0.425 bits per heavy atom. The van der Waals surface area contributed by atoms with Gasteiger partial charge < -0.3 is 4.57 Å². The van der Waals surface area contributed by atoms with Gasteiger partial charge in [0.05, 0.1) is 27.6 Å². The van der Waals surface area contributed by atoms with E-state index in [4.69, 9.17) is 9.97 Å². The van der Waals surface area contributed by atoms with Crippen molar-refractivity contribution in [1.29, 1.82) is 0 Å². The fourth-order valence-corrected chi connectivity index (χ4v) is 6.56. The molecule has 188 valence electrons. The van der Waals surface area contributed by atoms with Crippen molar-refractivity contribution in [3.63, 3.8) is 0 Å². The topological polar surface area (TPSA) is 40.6 Å². The molecule has 0 bridgehead atoms. The molecular formula is C35H23N5. The maximum absolute atomic E-state index is 5.44. The number of hydrogen-bond acceptors (Lipinski definition) is 2.